The average Bonchev–Trinajstić information content (AvgIpc) is 2.78. The molecule has 0 unspecified atom stereocenters. The van der Waals surface area contributed by atoms with E-state index in [-0.39, 0.29) is 17.7 Å². The number of hydrogen-bond donors (Lipinski definition) is 1. The minimum atomic E-state index is -0.502. The predicted molar refractivity (Wildman–Crippen MR) is 118 cm³/mol. The van der Waals surface area contributed by atoms with E-state index in [1.807, 2.05) is 42.5 Å². The fourth-order valence-electron chi connectivity index (χ4n) is 3.17. The van der Waals surface area contributed by atoms with Crippen LogP contribution in [0.5, 0.6) is 11.8 Å². The fraction of sp³-hybridized carbons (Fsp3) is 0.0800. The Balaban J connectivity index is 1.51. The van der Waals surface area contributed by atoms with Gasteiger partial charge in [0.2, 0.25) is 0 Å². The van der Waals surface area contributed by atoms with Crippen LogP contribution in [0.15, 0.2) is 78.9 Å². The first-order valence-electron chi connectivity index (χ1n) is 9.76. The van der Waals surface area contributed by atoms with Crippen molar-refractivity contribution in [1.82, 2.24) is 9.97 Å². The quantitative estimate of drug-likeness (QED) is 0.439. The van der Waals surface area contributed by atoms with Gasteiger partial charge in [0.25, 0.3) is 5.91 Å². The molecule has 0 aliphatic heterocycles. The van der Waals surface area contributed by atoms with Gasteiger partial charge in [-0.25, -0.2) is 4.39 Å². The van der Waals surface area contributed by atoms with Gasteiger partial charge in [-0.2, -0.15) is 9.97 Å². The lowest BCUT2D eigenvalue weighted by Gasteiger charge is -2.13. The largest absolute Gasteiger partial charge is 0.421 e. The van der Waals surface area contributed by atoms with Crippen molar-refractivity contribution in [2.75, 3.05) is 5.32 Å². The molecule has 4 rings (SSSR count). The molecule has 0 aliphatic rings. The Morgan fingerprint density at radius 3 is 2.03 bits per heavy atom. The van der Waals surface area contributed by atoms with Crippen LogP contribution in [0.2, 0.25) is 0 Å². The Morgan fingerprint density at radius 2 is 1.39 bits per heavy atom. The number of aromatic nitrogens is 2. The van der Waals surface area contributed by atoms with Crippen LogP contribution in [0.25, 0.3) is 11.1 Å². The second-order valence-corrected chi connectivity index (χ2v) is 6.98. The van der Waals surface area contributed by atoms with Crippen LogP contribution in [-0.2, 0) is 0 Å². The molecule has 4 aromatic rings. The number of carbonyl (C=O) groups excluding carboxylic acids is 1. The number of anilines is 1. The number of carbonyl (C=O) groups is 1. The van der Waals surface area contributed by atoms with E-state index >= 15 is 0 Å². The van der Waals surface area contributed by atoms with Crippen LogP contribution in [0, 0.1) is 19.7 Å². The molecule has 5 nitrogen and oxygen atoms in total. The maximum absolute atomic E-state index is 13.8. The molecule has 0 aliphatic carbocycles. The van der Waals surface area contributed by atoms with Crippen molar-refractivity contribution >= 4 is 11.6 Å². The smallest absolute Gasteiger partial charge is 0.322 e. The van der Waals surface area contributed by atoms with Crippen molar-refractivity contribution in [2.45, 2.75) is 13.8 Å². The summed E-state index contributed by atoms with van der Waals surface area (Å²) in [6, 6.07) is 23.4. The molecule has 0 radical (unpaired) electrons. The van der Waals surface area contributed by atoms with Gasteiger partial charge < -0.3 is 10.1 Å². The molecule has 154 valence electrons. The zero-order valence-electron chi connectivity index (χ0n) is 17.1. The van der Waals surface area contributed by atoms with E-state index in [4.69, 9.17) is 4.74 Å². The molecular formula is C25H20FN3O2. The number of hydrogen-bond acceptors (Lipinski definition) is 4. The van der Waals surface area contributed by atoms with E-state index < -0.39 is 5.82 Å². The van der Waals surface area contributed by atoms with Crippen molar-refractivity contribution < 1.29 is 13.9 Å². The SMILES string of the molecule is Cc1nc(Oc2ccccc2F)nc(C)c1NC(=O)c1ccc(-c2ccccc2)cc1. The summed E-state index contributed by atoms with van der Waals surface area (Å²) in [6.45, 7) is 3.47. The average molecular weight is 413 g/mol. The molecular weight excluding hydrogens is 393 g/mol. The summed E-state index contributed by atoms with van der Waals surface area (Å²) in [7, 11) is 0. The normalized spacial score (nSPS) is 10.5. The first-order chi connectivity index (χ1) is 15.0. The third kappa shape index (κ3) is 4.59. The molecule has 0 saturated carbocycles. The van der Waals surface area contributed by atoms with Gasteiger partial charge in [0.1, 0.15) is 0 Å². The number of nitrogens with zero attached hydrogens (tertiary/aromatic N) is 2. The van der Waals surface area contributed by atoms with Crippen LogP contribution in [-0.4, -0.2) is 15.9 Å². The van der Waals surface area contributed by atoms with Gasteiger partial charge in [-0.05, 0) is 49.2 Å². The number of rotatable bonds is 5. The third-order valence-electron chi connectivity index (χ3n) is 4.78. The predicted octanol–water partition coefficient (Wildman–Crippen LogP) is 5.94. The van der Waals surface area contributed by atoms with Gasteiger partial charge in [0, 0.05) is 5.56 Å². The van der Waals surface area contributed by atoms with Crippen LogP contribution in [0.3, 0.4) is 0 Å². The van der Waals surface area contributed by atoms with Crippen LogP contribution >= 0.6 is 0 Å². The Hall–Kier alpha value is -4.06. The standard InChI is InChI=1S/C25H20FN3O2/c1-16-23(17(2)28-25(27-16)31-22-11-7-6-10-21(22)26)29-24(30)20-14-12-19(13-15-20)18-8-4-3-5-9-18/h3-15H,1-2H3,(H,29,30). The molecule has 0 saturated heterocycles. The van der Waals surface area contributed by atoms with Crippen LogP contribution in [0.4, 0.5) is 10.1 Å². The molecule has 0 fully saturated rings. The van der Waals surface area contributed by atoms with Crippen LogP contribution < -0.4 is 10.1 Å². The lowest BCUT2D eigenvalue weighted by Crippen LogP contribution is -2.15. The highest BCUT2D eigenvalue weighted by Crippen LogP contribution is 2.26. The Morgan fingerprint density at radius 1 is 0.806 bits per heavy atom. The summed E-state index contributed by atoms with van der Waals surface area (Å²) < 4.78 is 19.3. The van der Waals surface area contributed by atoms with E-state index in [0.29, 0.717) is 22.6 Å². The summed E-state index contributed by atoms with van der Waals surface area (Å²) in [6.07, 6.45) is 0. The first kappa shape index (κ1) is 20.2. The maximum Gasteiger partial charge on any atom is 0.322 e. The zero-order chi connectivity index (χ0) is 21.8. The van der Waals surface area contributed by atoms with Crippen molar-refractivity contribution in [3.05, 3.63) is 102 Å². The molecule has 1 heterocycles. The second kappa shape index (κ2) is 8.75. The fourth-order valence-corrected chi connectivity index (χ4v) is 3.17. The molecule has 0 bridgehead atoms. The molecule has 1 N–H and O–H groups in total. The minimum Gasteiger partial charge on any atom is -0.421 e. The van der Waals surface area contributed by atoms with E-state index in [0.717, 1.165) is 11.1 Å². The zero-order valence-corrected chi connectivity index (χ0v) is 17.1. The van der Waals surface area contributed by atoms with Crippen molar-refractivity contribution in [2.24, 2.45) is 0 Å². The van der Waals surface area contributed by atoms with Crippen molar-refractivity contribution in [3.63, 3.8) is 0 Å². The lowest BCUT2D eigenvalue weighted by molar-refractivity contribution is 0.102. The summed E-state index contributed by atoms with van der Waals surface area (Å²) in [5.74, 6) is -0.730. The molecule has 0 atom stereocenters. The topological polar surface area (TPSA) is 64.1 Å². The summed E-state index contributed by atoms with van der Waals surface area (Å²) in [4.78, 5) is 21.3. The van der Waals surface area contributed by atoms with Crippen molar-refractivity contribution in [1.29, 1.82) is 0 Å². The van der Waals surface area contributed by atoms with Gasteiger partial charge in [0.05, 0.1) is 17.1 Å². The third-order valence-corrected chi connectivity index (χ3v) is 4.78. The van der Waals surface area contributed by atoms with Crippen molar-refractivity contribution in [3.8, 4) is 22.9 Å². The van der Waals surface area contributed by atoms with E-state index in [1.54, 1.807) is 38.1 Å². The highest BCUT2D eigenvalue weighted by atomic mass is 19.1. The van der Waals surface area contributed by atoms with Gasteiger partial charge in [0.15, 0.2) is 11.6 Å². The molecule has 6 heteroatoms. The molecule has 0 spiro atoms. The number of benzene rings is 3. The highest BCUT2D eigenvalue weighted by molar-refractivity contribution is 6.05. The molecule has 1 aromatic heterocycles. The number of para-hydroxylation sites is 1. The summed E-state index contributed by atoms with van der Waals surface area (Å²) >= 11 is 0. The van der Waals surface area contributed by atoms with E-state index in [9.17, 15) is 9.18 Å². The van der Waals surface area contributed by atoms with E-state index in [2.05, 4.69) is 15.3 Å². The molecule has 3 aromatic carbocycles. The Labute approximate surface area is 179 Å². The second-order valence-electron chi connectivity index (χ2n) is 6.98. The number of nitrogens with one attached hydrogen (secondary N) is 1. The highest BCUT2D eigenvalue weighted by Gasteiger charge is 2.15. The first-order valence-corrected chi connectivity index (χ1v) is 9.76. The summed E-state index contributed by atoms with van der Waals surface area (Å²) in [5.41, 5.74) is 4.17. The Bertz CT molecular complexity index is 1200. The minimum absolute atomic E-state index is 0.0188. The van der Waals surface area contributed by atoms with Gasteiger partial charge in [-0.1, -0.05) is 54.6 Å². The van der Waals surface area contributed by atoms with Gasteiger partial charge in [-0.3, -0.25) is 4.79 Å². The monoisotopic (exact) mass is 413 g/mol. The number of amides is 1. The molecule has 31 heavy (non-hydrogen) atoms. The number of aryl methyl sites for hydroxylation is 2. The number of halogens is 1. The lowest BCUT2D eigenvalue weighted by atomic mass is 10.0. The van der Waals surface area contributed by atoms with Gasteiger partial charge >= 0.3 is 6.01 Å². The van der Waals surface area contributed by atoms with Crippen LogP contribution in [0.1, 0.15) is 21.7 Å². The van der Waals surface area contributed by atoms with E-state index in [1.165, 1.54) is 12.1 Å². The Kier molecular flexibility index (Phi) is 5.71. The summed E-state index contributed by atoms with van der Waals surface area (Å²) in [5, 5.41) is 2.86. The molecule has 1 amide bonds. The maximum atomic E-state index is 13.8. The van der Waals surface area contributed by atoms with Gasteiger partial charge in [-0.15, -0.1) is 0 Å². The number of ether oxygens (including phenoxy) is 1.